The van der Waals surface area contributed by atoms with Gasteiger partial charge in [-0.05, 0) is 24.3 Å². The van der Waals surface area contributed by atoms with Gasteiger partial charge in [-0.25, -0.2) is 4.39 Å². The van der Waals surface area contributed by atoms with E-state index < -0.39 is 0 Å². The van der Waals surface area contributed by atoms with Gasteiger partial charge >= 0.3 is 0 Å². The second-order valence-electron chi connectivity index (χ2n) is 3.19. The number of rotatable bonds is 1. The first kappa shape index (κ1) is 10.7. The SMILES string of the molecule is C#Cc1ccncc1-c1cc(Cl)ccc1F. The predicted molar refractivity (Wildman–Crippen MR) is 62.6 cm³/mol. The summed E-state index contributed by atoms with van der Waals surface area (Å²) in [5.41, 5.74) is 1.54. The van der Waals surface area contributed by atoms with E-state index in [4.69, 9.17) is 18.0 Å². The van der Waals surface area contributed by atoms with Crippen LogP contribution in [0.2, 0.25) is 5.02 Å². The summed E-state index contributed by atoms with van der Waals surface area (Å²) in [5, 5.41) is 0.461. The van der Waals surface area contributed by atoms with E-state index in [1.54, 1.807) is 12.3 Å². The van der Waals surface area contributed by atoms with Gasteiger partial charge < -0.3 is 0 Å². The molecule has 0 aliphatic heterocycles. The van der Waals surface area contributed by atoms with Gasteiger partial charge in [0.05, 0.1) is 0 Å². The Hall–Kier alpha value is -1.85. The lowest BCUT2D eigenvalue weighted by molar-refractivity contribution is 0.631. The van der Waals surface area contributed by atoms with Crippen molar-refractivity contribution in [2.75, 3.05) is 0 Å². The van der Waals surface area contributed by atoms with Gasteiger partial charge in [-0.3, -0.25) is 4.98 Å². The van der Waals surface area contributed by atoms with E-state index in [0.717, 1.165) is 0 Å². The molecule has 0 aliphatic rings. The quantitative estimate of drug-likeness (QED) is 0.685. The van der Waals surface area contributed by atoms with E-state index >= 15 is 0 Å². The summed E-state index contributed by atoms with van der Waals surface area (Å²) < 4.78 is 13.6. The standard InChI is InChI=1S/C13H7ClFN/c1-2-9-5-6-16-8-12(9)11-7-10(14)3-4-13(11)15/h1,3-8H. The molecule has 2 rings (SSSR count). The first-order valence-corrected chi connectivity index (χ1v) is 4.96. The molecule has 1 aromatic carbocycles. The van der Waals surface area contributed by atoms with E-state index in [1.807, 2.05) is 0 Å². The summed E-state index contributed by atoms with van der Waals surface area (Å²) in [6.07, 6.45) is 8.45. The third-order valence-electron chi connectivity index (χ3n) is 2.20. The minimum atomic E-state index is -0.367. The summed E-state index contributed by atoms with van der Waals surface area (Å²) in [6, 6.07) is 6.00. The molecule has 16 heavy (non-hydrogen) atoms. The molecule has 1 nitrogen and oxygen atoms in total. The number of benzene rings is 1. The smallest absolute Gasteiger partial charge is 0.131 e. The van der Waals surface area contributed by atoms with Crippen LogP contribution in [0.1, 0.15) is 5.56 Å². The van der Waals surface area contributed by atoms with E-state index in [9.17, 15) is 4.39 Å². The third kappa shape index (κ3) is 1.91. The Morgan fingerprint density at radius 3 is 2.81 bits per heavy atom. The maximum absolute atomic E-state index is 13.6. The van der Waals surface area contributed by atoms with Gasteiger partial charge in [0.25, 0.3) is 0 Å². The largest absolute Gasteiger partial charge is 0.264 e. The molecular formula is C13H7ClFN. The predicted octanol–water partition coefficient (Wildman–Crippen LogP) is 3.52. The van der Waals surface area contributed by atoms with Crippen molar-refractivity contribution in [2.24, 2.45) is 0 Å². The molecule has 0 amide bonds. The molecule has 0 unspecified atom stereocenters. The van der Waals surface area contributed by atoms with Gasteiger partial charge in [0.2, 0.25) is 0 Å². The van der Waals surface area contributed by atoms with E-state index in [2.05, 4.69) is 10.9 Å². The molecule has 0 radical (unpaired) electrons. The lowest BCUT2D eigenvalue weighted by atomic mass is 10.0. The molecule has 1 aromatic heterocycles. The van der Waals surface area contributed by atoms with Crippen molar-refractivity contribution in [2.45, 2.75) is 0 Å². The zero-order valence-electron chi connectivity index (χ0n) is 8.24. The Morgan fingerprint density at radius 2 is 2.06 bits per heavy atom. The van der Waals surface area contributed by atoms with Crippen molar-refractivity contribution in [3.05, 3.63) is 53.1 Å². The molecular weight excluding hydrogens is 225 g/mol. The van der Waals surface area contributed by atoms with E-state index in [-0.39, 0.29) is 5.82 Å². The molecule has 78 valence electrons. The molecule has 0 saturated carbocycles. The Bertz CT molecular complexity index is 572. The second kappa shape index (κ2) is 4.34. The average molecular weight is 232 g/mol. The van der Waals surface area contributed by atoms with Crippen LogP contribution in [0.25, 0.3) is 11.1 Å². The number of hydrogen-bond acceptors (Lipinski definition) is 1. The highest BCUT2D eigenvalue weighted by atomic mass is 35.5. The van der Waals surface area contributed by atoms with Gasteiger partial charge in [-0.2, -0.15) is 0 Å². The fraction of sp³-hybridized carbons (Fsp3) is 0. The lowest BCUT2D eigenvalue weighted by Crippen LogP contribution is -1.89. The lowest BCUT2D eigenvalue weighted by Gasteiger charge is -2.05. The highest BCUT2D eigenvalue weighted by Gasteiger charge is 2.09. The van der Waals surface area contributed by atoms with E-state index in [0.29, 0.717) is 21.7 Å². The maximum Gasteiger partial charge on any atom is 0.131 e. The minimum absolute atomic E-state index is 0.367. The zero-order valence-corrected chi connectivity index (χ0v) is 9.00. The fourth-order valence-electron chi connectivity index (χ4n) is 1.44. The van der Waals surface area contributed by atoms with Gasteiger partial charge in [0.15, 0.2) is 0 Å². The summed E-state index contributed by atoms with van der Waals surface area (Å²) in [7, 11) is 0. The highest BCUT2D eigenvalue weighted by molar-refractivity contribution is 6.30. The summed E-state index contributed by atoms with van der Waals surface area (Å²) in [4.78, 5) is 3.94. The average Bonchev–Trinajstić information content (AvgIpc) is 2.32. The second-order valence-corrected chi connectivity index (χ2v) is 3.63. The maximum atomic E-state index is 13.6. The Morgan fingerprint density at radius 1 is 1.25 bits per heavy atom. The molecule has 0 aliphatic carbocycles. The normalized spacial score (nSPS) is 9.81. The first-order valence-electron chi connectivity index (χ1n) is 4.58. The third-order valence-corrected chi connectivity index (χ3v) is 2.43. The van der Waals surface area contributed by atoms with Gasteiger partial charge in [-0.15, -0.1) is 6.42 Å². The summed E-state index contributed by atoms with van der Waals surface area (Å²) in [5.74, 6) is 2.12. The van der Waals surface area contributed by atoms with Crippen molar-refractivity contribution >= 4 is 11.6 Å². The van der Waals surface area contributed by atoms with Crippen molar-refractivity contribution in [1.29, 1.82) is 0 Å². The van der Waals surface area contributed by atoms with Crippen molar-refractivity contribution < 1.29 is 4.39 Å². The van der Waals surface area contributed by atoms with Crippen molar-refractivity contribution in [1.82, 2.24) is 4.98 Å². The Labute approximate surface area is 97.9 Å². The number of halogens is 2. The molecule has 0 spiro atoms. The van der Waals surface area contributed by atoms with Crippen LogP contribution in [0.5, 0.6) is 0 Å². The monoisotopic (exact) mass is 231 g/mol. The molecule has 0 bridgehead atoms. The van der Waals surface area contributed by atoms with Crippen LogP contribution in [0.15, 0.2) is 36.7 Å². The summed E-state index contributed by atoms with van der Waals surface area (Å²) >= 11 is 5.82. The first-order chi connectivity index (χ1) is 7.72. The van der Waals surface area contributed by atoms with Crippen LogP contribution in [-0.4, -0.2) is 4.98 Å². The van der Waals surface area contributed by atoms with Crippen molar-refractivity contribution in [3.8, 4) is 23.5 Å². The van der Waals surface area contributed by atoms with Crippen LogP contribution in [0.3, 0.4) is 0 Å². The molecule has 2 aromatic rings. The topological polar surface area (TPSA) is 12.9 Å². The van der Waals surface area contributed by atoms with Gasteiger partial charge in [-0.1, -0.05) is 17.5 Å². The van der Waals surface area contributed by atoms with Gasteiger partial charge in [0, 0.05) is 34.1 Å². The molecule has 3 heteroatoms. The fourth-order valence-corrected chi connectivity index (χ4v) is 1.61. The number of aromatic nitrogens is 1. The number of pyridine rings is 1. The van der Waals surface area contributed by atoms with Crippen LogP contribution in [-0.2, 0) is 0 Å². The highest BCUT2D eigenvalue weighted by Crippen LogP contribution is 2.27. The number of nitrogens with zero attached hydrogens (tertiary/aromatic N) is 1. The molecule has 0 N–H and O–H groups in total. The molecule has 0 fully saturated rings. The van der Waals surface area contributed by atoms with Gasteiger partial charge in [0.1, 0.15) is 5.82 Å². The Balaban J connectivity index is 2.68. The number of terminal acetylenes is 1. The van der Waals surface area contributed by atoms with Crippen molar-refractivity contribution in [3.63, 3.8) is 0 Å². The van der Waals surface area contributed by atoms with Crippen LogP contribution >= 0.6 is 11.6 Å². The summed E-state index contributed by atoms with van der Waals surface area (Å²) in [6.45, 7) is 0. The van der Waals surface area contributed by atoms with E-state index in [1.165, 1.54) is 24.4 Å². The zero-order chi connectivity index (χ0) is 11.5. The molecule has 0 saturated heterocycles. The number of hydrogen-bond donors (Lipinski definition) is 0. The van der Waals surface area contributed by atoms with Crippen LogP contribution < -0.4 is 0 Å². The molecule has 1 heterocycles. The van der Waals surface area contributed by atoms with Crippen LogP contribution in [0, 0.1) is 18.2 Å². The Kier molecular flexibility index (Phi) is 2.89. The minimum Gasteiger partial charge on any atom is -0.264 e. The van der Waals surface area contributed by atoms with Crippen LogP contribution in [0.4, 0.5) is 4.39 Å². The molecule has 0 atom stereocenters.